The van der Waals surface area contributed by atoms with Gasteiger partial charge >= 0.3 is 0 Å². The first-order valence-corrected chi connectivity index (χ1v) is 13.0. The Balaban J connectivity index is 1.13. The average Bonchev–Trinajstić information content (AvgIpc) is 3.64. The first-order valence-electron chi connectivity index (χ1n) is 13.0. The number of nitrogens with zero attached hydrogens (tertiary/aromatic N) is 4. The molecular weight excluding hydrogens is 456 g/mol. The van der Waals surface area contributed by atoms with Crippen LogP contribution in [0.25, 0.3) is 10.9 Å². The lowest BCUT2D eigenvalue weighted by Gasteiger charge is -2.26. The molecule has 3 N–H and O–H groups in total. The minimum absolute atomic E-state index is 0.0281. The molecule has 0 saturated carbocycles. The summed E-state index contributed by atoms with van der Waals surface area (Å²) in [5.74, 6) is 0.645. The van der Waals surface area contributed by atoms with Crippen molar-refractivity contribution < 1.29 is 14.6 Å². The highest BCUT2D eigenvalue weighted by Gasteiger charge is 2.27. The fourth-order valence-electron chi connectivity index (χ4n) is 5.56. The van der Waals surface area contributed by atoms with E-state index >= 15 is 0 Å². The Labute approximate surface area is 211 Å². The van der Waals surface area contributed by atoms with Crippen molar-refractivity contribution in [2.75, 3.05) is 52.4 Å². The fraction of sp³-hybridized carbons (Fsp3) is 0.481. The van der Waals surface area contributed by atoms with E-state index in [4.69, 9.17) is 4.74 Å². The second-order valence-corrected chi connectivity index (χ2v) is 10.1. The lowest BCUT2D eigenvalue weighted by molar-refractivity contribution is 0.0748. The molecule has 0 unspecified atom stereocenters. The Kier molecular flexibility index (Phi) is 6.52. The summed E-state index contributed by atoms with van der Waals surface area (Å²) in [6.07, 6.45) is 2.43. The summed E-state index contributed by atoms with van der Waals surface area (Å²) in [5, 5.41) is 22.4. The number of phenolic OH excluding ortho intramolecular Hbond substituents is 1. The molecule has 2 aromatic carbocycles. The van der Waals surface area contributed by atoms with Gasteiger partial charge in [0.2, 0.25) is 0 Å². The van der Waals surface area contributed by atoms with Crippen molar-refractivity contribution in [3.05, 3.63) is 52.7 Å². The number of aromatic nitrogens is 2. The number of hydrogen-bond acceptors (Lipinski definition) is 7. The predicted octanol–water partition coefficient (Wildman–Crippen LogP) is 2.30. The summed E-state index contributed by atoms with van der Waals surface area (Å²) in [5.41, 5.74) is 4.23. The number of ether oxygens (including phenoxy) is 1. The van der Waals surface area contributed by atoms with E-state index in [2.05, 4.69) is 31.4 Å². The van der Waals surface area contributed by atoms with Gasteiger partial charge in [0.25, 0.3) is 5.91 Å². The van der Waals surface area contributed by atoms with Crippen molar-refractivity contribution in [2.24, 2.45) is 0 Å². The zero-order valence-electron chi connectivity index (χ0n) is 20.6. The maximum atomic E-state index is 13.5. The van der Waals surface area contributed by atoms with Gasteiger partial charge in [-0.05, 0) is 55.3 Å². The van der Waals surface area contributed by atoms with Crippen LogP contribution in [0.2, 0.25) is 0 Å². The molecule has 190 valence electrons. The lowest BCUT2D eigenvalue weighted by Crippen LogP contribution is -2.44. The molecule has 0 atom stereocenters. The number of hydrogen-bond donors (Lipinski definition) is 3. The van der Waals surface area contributed by atoms with Crippen molar-refractivity contribution in [3.63, 3.8) is 0 Å². The minimum atomic E-state index is -0.167. The molecule has 0 bridgehead atoms. The number of likely N-dealkylation sites (tertiary alicyclic amines) is 1. The number of piperazine rings is 1. The number of carbonyl (C=O) groups excluding carboxylic acids is 1. The molecule has 0 aliphatic carbocycles. The largest absolute Gasteiger partial charge is 0.507 e. The molecule has 2 fully saturated rings. The van der Waals surface area contributed by atoms with Crippen LogP contribution >= 0.6 is 0 Å². The number of fused-ring (bicyclic) bond motifs is 2. The highest BCUT2D eigenvalue weighted by molar-refractivity contribution is 6.01. The fourth-order valence-corrected chi connectivity index (χ4v) is 5.56. The van der Waals surface area contributed by atoms with E-state index in [1.54, 1.807) is 17.0 Å². The van der Waals surface area contributed by atoms with Crippen LogP contribution < -0.4 is 10.1 Å². The van der Waals surface area contributed by atoms with Crippen LogP contribution in [0.5, 0.6) is 11.5 Å². The van der Waals surface area contributed by atoms with E-state index < -0.39 is 0 Å². The van der Waals surface area contributed by atoms with E-state index in [1.807, 2.05) is 12.1 Å². The standard InChI is InChI=1S/C27H34N6O3/c34-26-15-24-22(25(30-29-24)18-32-7-1-2-8-32)14-23(26)27(35)33-16-19-3-4-21(13-20(19)17-33)36-12-11-31-9-5-28-6-10-31/h3-4,13-15,28,34H,1-2,5-12,16-18H2,(H,29,30). The van der Waals surface area contributed by atoms with Crippen LogP contribution in [0.1, 0.15) is 40.0 Å². The summed E-state index contributed by atoms with van der Waals surface area (Å²) in [7, 11) is 0. The molecule has 0 spiro atoms. The van der Waals surface area contributed by atoms with Crippen molar-refractivity contribution in [1.29, 1.82) is 0 Å². The molecule has 2 saturated heterocycles. The third-order valence-corrected chi connectivity index (χ3v) is 7.63. The van der Waals surface area contributed by atoms with Crippen LogP contribution in [0.3, 0.4) is 0 Å². The molecule has 3 aliphatic heterocycles. The van der Waals surface area contributed by atoms with Gasteiger partial charge in [-0.3, -0.25) is 19.7 Å². The van der Waals surface area contributed by atoms with E-state index in [0.29, 0.717) is 30.8 Å². The number of aromatic amines is 1. The number of benzene rings is 2. The topological polar surface area (TPSA) is 97.0 Å². The predicted molar refractivity (Wildman–Crippen MR) is 137 cm³/mol. The number of amides is 1. The number of H-pyrrole nitrogens is 1. The van der Waals surface area contributed by atoms with Gasteiger partial charge in [0, 0.05) is 63.8 Å². The summed E-state index contributed by atoms with van der Waals surface area (Å²) >= 11 is 0. The van der Waals surface area contributed by atoms with Crippen LogP contribution in [0.15, 0.2) is 30.3 Å². The molecule has 3 aliphatic rings. The number of nitrogens with one attached hydrogen (secondary N) is 2. The number of rotatable bonds is 7. The SMILES string of the molecule is O=C(c1cc2c(CN3CCCC3)[nH]nc2cc1O)N1Cc2ccc(OCCN3CCNCC3)cc2C1. The first-order chi connectivity index (χ1) is 17.6. The zero-order valence-corrected chi connectivity index (χ0v) is 20.6. The Morgan fingerprint density at radius 2 is 1.81 bits per heavy atom. The third-order valence-electron chi connectivity index (χ3n) is 7.63. The molecule has 9 heteroatoms. The number of aromatic hydroxyl groups is 1. The van der Waals surface area contributed by atoms with Crippen LogP contribution in [0.4, 0.5) is 0 Å². The maximum Gasteiger partial charge on any atom is 0.258 e. The van der Waals surface area contributed by atoms with E-state index in [1.165, 1.54) is 12.8 Å². The van der Waals surface area contributed by atoms with Gasteiger partial charge in [0.05, 0.1) is 16.8 Å². The smallest absolute Gasteiger partial charge is 0.258 e. The lowest BCUT2D eigenvalue weighted by atomic mass is 10.1. The highest BCUT2D eigenvalue weighted by atomic mass is 16.5. The summed E-state index contributed by atoms with van der Waals surface area (Å²) < 4.78 is 6.02. The highest BCUT2D eigenvalue weighted by Crippen LogP contribution is 2.32. The van der Waals surface area contributed by atoms with Gasteiger partial charge in [-0.25, -0.2) is 0 Å². The van der Waals surface area contributed by atoms with E-state index in [9.17, 15) is 9.90 Å². The second kappa shape index (κ2) is 10.1. The number of phenols is 1. The van der Waals surface area contributed by atoms with Gasteiger partial charge in [-0.15, -0.1) is 0 Å². The van der Waals surface area contributed by atoms with Crippen molar-refractivity contribution in [1.82, 2.24) is 30.2 Å². The Morgan fingerprint density at radius 1 is 1.00 bits per heavy atom. The van der Waals surface area contributed by atoms with Crippen LogP contribution in [0, 0.1) is 0 Å². The quantitative estimate of drug-likeness (QED) is 0.468. The Bertz CT molecular complexity index is 1250. The van der Waals surface area contributed by atoms with Crippen molar-refractivity contribution >= 4 is 16.8 Å². The van der Waals surface area contributed by atoms with Gasteiger partial charge in [0.1, 0.15) is 18.1 Å². The molecule has 1 amide bonds. The van der Waals surface area contributed by atoms with E-state index in [-0.39, 0.29) is 11.7 Å². The summed E-state index contributed by atoms with van der Waals surface area (Å²) in [6, 6.07) is 9.49. The van der Waals surface area contributed by atoms with Gasteiger partial charge in [-0.1, -0.05) is 6.07 Å². The van der Waals surface area contributed by atoms with Crippen molar-refractivity contribution in [2.45, 2.75) is 32.5 Å². The second-order valence-electron chi connectivity index (χ2n) is 10.1. The van der Waals surface area contributed by atoms with Gasteiger partial charge in [0.15, 0.2) is 0 Å². The maximum absolute atomic E-state index is 13.5. The van der Waals surface area contributed by atoms with Crippen LogP contribution in [-0.4, -0.2) is 88.3 Å². The van der Waals surface area contributed by atoms with E-state index in [0.717, 1.165) is 80.3 Å². The molecule has 9 nitrogen and oxygen atoms in total. The molecule has 0 radical (unpaired) electrons. The Hall–Kier alpha value is -3.14. The molecule has 1 aromatic heterocycles. The monoisotopic (exact) mass is 490 g/mol. The summed E-state index contributed by atoms with van der Waals surface area (Å²) in [6.45, 7) is 9.72. The molecule has 4 heterocycles. The average molecular weight is 491 g/mol. The minimum Gasteiger partial charge on any atom is -0.507 e. The molecular formula is C27H34N6O3. The third kappa shape index (κ3) is 4.78. The first kappa shape index (κ1) is 23.3. The van der Waals surface area contributed by atoms with Gasteiger partial charge < -0.3 is 20.1 Å². The number of carbonyl (C=O) groups is 1. The summed E-state index contributed by atoms with van der Waals surface area (Å²) in [4.78, 5) is 20.1. The molecule has 36 heavy (non-hydrogen) atoms. The normalized spacial score (nSPS) is 18.7. The van der Waals surface area contributed by atoms with Crippen molar-refractivity contribution in [3.8, 4) is 11.5 Å². The zero-order chi connectivity index (χ0) is 24.5. The molecule has 3 aromatic rings. The molecule has 6 rings (SSSR count). The van der Waals surface area contributed by atoms with Gasteiger partial charge in [-0.2, -0.15) is 5.10 Å². The Morgan fingerprint density at radius 3 is 2.64 bits per heavy atom. The van der Waals surface area contributed by atoms with Crippen LogP contribution in [-0.2, 0) is 19.6 Å².